The van der Waals surface area contributed by atoms with Gasteiger partial charge in [-0.3, -0.25) is 4.21 Å². The summed E-state index contributed by atoms with van der Waals surface area (Å²) >= 11 is 0. The number of hydrogen-bond donors (Lipinski definition) is 1. The van der Waals surface area contributed by atoms with Crippen molar-refractivity contribution in [2.24, 2.45) is 5.73 Å². The van der Waals surface area contributed by atoms with Crippen molar-refractivity contribution in [3.05, 3.63) is 42.0 Å². The predicted octanol–water partition coefficient (Wildman–Crippen LogP) is 1.07. The summed E-state index contributed by atoms with van der Waals surface area (Å²) in [6.45, 7) is 3.51. The van der Waals surface area contributed by atoms with Crippen LogP contribution < -0.4 is 5.73 Å². The first-order valence-electron chi connectivity index (χ1n) is 4.51. The molecular weight excluding hydrogens is 194 g/mol. The molecule has 1 heterocycles. The monoisotopic (exact) mass is 207 g/mol. The van der Waals surface area contributed by atoms with Gasteiger partial charge in [-0.25, -0.2) is 0 Å². The molecule has 0 saturated heterocycles. The topological polar surface area (TPSA) is 43.1 Å². The lowest BCUT2D eigenvalue weighted by Gasteiger charge is -2.24. The average Bonchev–Trinajstić information content (AvgIpc) is 2.18. The van der Waals surface area contributed by atoms with E-state index in [2.05, 4.69) is 11.6 Å². The maximum absolute atomic E-state index is 12.1. The lowest BCUT2D eigenvalue weighted by Crippen LogP contribution is -2.29. The third kappa shape index (κ3) is 1.50. The van der Waals surface area contributed by atoms with Gasteiger partial charge < -0.3 is 5.73 Å². The largest absolute Gasteiger partial charge is 0.323 e. The molecule has 1 aliphatic heterocycles. The van der Waals surface area contributed by atoms with E-state index in [1.54, 1.807) is 0 Å². The molecule has 0 aromatic heterocycles. The normalized spacial score (nSPS) is 30.5. The van der Waals surface area contributed by atoms with Crippen molar-refractivity contribution in [2.75, 3.05) is 5.75 Å². The lowest BCUT2D eigenvalue weighted by molar-refractivity contribution is 0.666. The van der Waals surface area contributed by atoms with E-state index in [1.807, 2.05) is 24.3 Å². The van der Waals surface area contributed by atoms with Crippen LogP contribution in [-0.2, 0) is 15.3 Å². The van der Waals surface area contributed by atoms with E-state index in [9.17, 15) is 4.21 Å². The smallest absolute Gasteiger partial charge is 0.0486 e. The molecule has 1 aromatic carbocycles. The van der Waals surface area contributed by atoms with E-state index in [-0.39, 0.29) is 6.04 Å². The molecule has 0 amide bonds. The second-order valence-electron chi connectivity index (χ2n) is 3.57. The van der Waals surface area contributed by atoms with Crippen molar-refractivity contribution < 1.29 is 4.21 Å². The van der Waals surface area contributed by atoms with Gasteiger partial charge in [0.15, 0.2) is 0 Å². The molecule has 14 heavy (non-hydrogen) atoms. The summed E-state index contributed by atoms with van der Waals surface area (Å²) in [5.74, 6) is 1.02. The molecule has 0 spiro atoms. The molecule has 1 aromatic rings. The van der Waals surface area contributed by atoms with Crippen molar-refractivity contribution >= 4 is 14.5 Å². The summed E-state index contributed by atoms with van der Waals surface area (Å²) in [6.07, 6.45) is 0. The Bertz CT molecular complexity index is 494. The van der Waals surface area contributed by atoms with Crippen molar-refractivity contribution in [1.82, 2.24) is 0 Å². The summed E-state index contributed by atoms with van der Waals surface area (Å²) in [4.78, 5) is 0. The minimum absolute atomic E-state index is 0.137. The summed E-state index contributed by atoms with van der Waals surface area (Å²) in [7, 11) is -2.08. The van der Waals surface area contributed by atoms with Crippen molar-refractivity contribution in [2.45, 2.75) is 11.8 Å². The molecule has 0 saturated carbocycles. The van der Waals surface area contributed by atoms with Crippen LogP contribution >= 0.6 is 0 Å². The van der Waals surface area contributed by atoms with E-state index in [1.165, 1.54) is 0 Å². The van der Waals surface area contributed by atoms with Crippen LogP contribution in [0.5, 0.6) is 0 Å². The van der Waals surface area contributed by atoms with Gasteiger partial charge in [0.25, 0.3) is 0 Å². The SMILES string of the molecule is C=C=S1(=O)Cc2ccccc2C(N)C1. The zero-order valence-corrected chi connectivity index (χ0v) is 8.72. The van der Waals surface area contributed by atoms with Crippen molar-refractivity contribution in [3.8, 4) is 0 Å². The third-order valence-corrected chi connectivity index (χ3v) is 4.76. The van der Waals surface area contributed by atoms with E-state index >= 15 is 0 Å². The van der Waals surface area contributed by atoms with Gasteiger partial charge in [-0.05, 0) is 17.7 Å². The minimum Gasteiger partial charge on any atom is -0.323 e. The molecule has 3 heteroatoms. The summed E-state index contributed by atoms with van der Waals surface area (Å²) in [5, 5.41) is 2.65. The second-order valence-corrected chi connectivity index (χ2v) is 6.11. The van der Waals surface area contributed by atoms with E-state index in [0.717, 1.165) is 11.1 Å². The highest BCUT2D eigenvalue weighted by molar-refractivity contribution is 8.00. The zero-order chi connectivity index (χ0) is 10.2. The van der Waals surface area contributed by atoms with Gasteiger partial charge in [0.1, 0.15) is 0 Å². The molecule has 2 rings (SSSR count). The molecule has 0 radical (unpaired) electrons. The van der Waals surface area contributed by atoms with Crippen LogP contribution in [0.25, 0.3) is 0 Å². The first-order chi connectivity index (χ1) is 6.64. The van der Waals surface area contributed by atoms with Gasteiger partial charge in [0.2, 0.25) is 0 Å². The van der Waals surface area contributed by atoms with Gasteiger partial charge in [-0.15, -0.1) is 0 Å². The molecule has 2 atom stereocenters. The molecule has 2 unspecified atom stereocenters. The van der Waals surface area contributed by atoms with Crippen molar-refractivity contribution in [1.29, 1.82) is 0 Å². The molecule has 0 fully saturated rings. The maximum Gasteiger partial charge on any atom is 0.0486 e. The second kappa shape index (κ2) is 3.28. The summed E-state index contributed by atoms with van der Waals surface area (Å²) in [5.41, 5.74) is 8.14. The quantitative estimate of drug-likeness (QED) is 0.647. The first-order valence-corrected chi connectivity index (χ1v) is 6.41. The van der Waals surface area contributed by atoms with E-state index in [0.29, 0.717) is 11.5 Å². The Kier molecular flexibility index (Phi) is 2.23. The fraction of sp³-hybridized carbons (Fsp3) is 0.273. The van der Waals surface area contributed by atoms with Crippen LogP contribution in [-0.4, -0.2) is 15.0 Å². The van der Waals surface area contributed by atoms with Crippen LogP contribution in [0.2, 0.25) is 0 Å². The van der Waals surface area contributed by atoms with E-state index in [4.69, 9.17) is 5.73 Å². The van der Waals surface area contributed by atoms with Crippen LogP contribution in [0, 0.1) is 0 Å². The van der Waals surface area contributed by atoms with Gasteiger partial charge >= 0.3 is 0 Å². The molecule has 0 aliphatic carbocycles. The van der Waals surface area contributed by atoms with Crippen LogP contribution in [0.4, 0.5) is 0 Å². The molecule has 2 nitrogen and oxygen atoms in total. The third-order valence-electron chi connectivity index (χ3n) is 2.56. The van der Waals surface area contributed by atoms with E-state index < -0.39 is 9.52 Å². The highest BCUT2D eigenvalue weighted by atomic mass is 32.2. The highest BCUT2D eigenvalue weighted by Gasteiger charge is 2.23. The van der Waals surface area contributed by atoms with Gasteiger partial charge in [-0.1, -0.05) is 29.3 Å². The zero-order valence-electron chi connectivity index (χ0n) is 7.90. The Morgan fingerprint density at radius 3 is 2.93 bits per heavy atom. The predicted molar refractivity (Wildman–Crippen MR) is 60.7 cm³/mol. The van der Waals surface area contributed by atoms with Gasteiger partial charge in [0, 0.05) is 27.1 Å². The molecule has 1 aliphatic rings. The Morgan fingerprint density at radius 2 is 2.21 bits per heavy atom. The minimum atomic E-state index is -2.08. The van der Waals surface area contributed by atoms with Gasteiger partial charge in [-0.2, -0.15) is 0 Å². The molecular formula is C11H13NOS. The Hall–Kier alpha value is -1.02. The number of hydrogen-bond acceptors (Lipinski definition) is 2. The Morgan fingerprint density at radius 1 is 1.50 bits per heavy atom. The van der Waals surface area contributed by atoms with Crippen LogP contribution in [0.3, 0.4) is 0 Å². The molecule has 0 bridgehead atoms. The fourth-order valence-corrected chi connectivity index (χ4v) is 3.69. The summed E-state index contributed by atoms with van der Waals surface area (Å²) in [6, 6.07) is 7.75. The highest BCUT2D eigenvalue weighted by Crippen LogP contribution is 2.26. The number of nitrogens with two attached hydrogens (primary N) is 1. The van der Waals surface area contributed by atoms with Gasteiger partial charge in [0.05, 0.1) is 0 Å². The Labute approximate surface area is 84.4 Å². The number of benzene rings is 1. The van der Waals surface area contributed by atoms with Crippen LogP contribution in [0.15, 0.2) is 30.8 Å². The Balaban J connectivity index is 2.59. The maximum atomic E-state index is 12.1. The lowest BCUT2D eigenvalue weighted by atomic mass is 10.0. The van der Waals surface area contributed by atoms with Crippen LogP contribution in [0.1, 0.15) is 17.2 Å². The number of fused-ring (bicyclic) bond motifs is 1. The first kappa shape index (κ1) is 9.53. The molecule has 2 N–H and O–H groups in total. The fourth-order valence-electron chi connectivity index (χ4n) is 1.83. The summed E-state index contributed by atoms with van der Waals surface area (Å²) < 4.78 is 12.1. The molecule has 74 valence electrons. The number of rotatable bonds is 0. The standard InChI is InChI=1S/C11H13NOS/c1-2-14(13)7-9-5-3-4-6-10(9)11(12)8-14/h3-6,11H,1,7-8,12H2. The average molecular weight is 207 g/mol. The van der Waals surface area contributed by atoms with Crippen molar-refractivity contribution in [3.63, 3.8) is 0 Å².